The smallest absolute Gasteiger partial charge is 0.416 e. The standard InChI is InChI=1S/C14H14F3NO3/c15-14(16,17)11-4-2-1-3-8(11)9-7-10(9)13(21)18-6-5-12(19)20/h1-4,9-10H,5-7H2,(H,18,21)(H,19,20). The summed E-state index contributed by atoms with van der Waals surface area (Å²) in [6, 6.07) is 5.23. The minimum absolute atomic E-state index is 0.0156. The number of alkyl halides is 3. The topological polar surface area (TPSA) is 66.4 Å². The van der Waals surface area contributed by atoms with E-state index in [4.69, 9.17) is 5.11 Å². The number of nitrogens with one attached hydrogen (secondary N) is 1. The Morgan fingerprint density at radius 1 is 1.29 bits per heavy atom. The van der Waals surface area contributed by atoms with E-state index in [2.05, 4.69) is 5.32 Å². The van der Waals surface area contributed by atoms with Crippen molar-refractivity contribution in [3.8, 4) is 0 Å². The third kappa shape index (κ3) is 3.74. The highest BCUT2D eigenvalue weighted by Gasteiger charge is 2.47. The van der Waals surface area contributed by atoms with Crippen molar-refractivity contribution < 1.29 is 27.9 Å². The molecule has 0 aromatic heterocycles. The molecule has 7 heteroatoms. The second kappa shape index (κ2) is 5.75. The van der Waals surface area contributed by atoms with Crippen LogP contribution in [0, 0.1) is 5.92 Å². The minimum atomic E-state index is -4.44. The Labute approximate surface area is 119 Å². The second-order valence-electron chi connectivity index (χ2n) is 4.97. The van der Waals surface area contributed by atoms with Gasteiger partial charge >= 0.3 is 12.1 Å². The van der Waals surface area contributed by atoms with E-state index in [-0.39, 0.29) is 18.5 Å². The number of rotatable bonds is 5. The number of carbonyl (C=O) groups is 2. The molecule has 0 bridgehead atoms. The fraction of sp³-hybridized carbons (Fsp3) is 0.429. The Hall–Kier alpha value is -2.05. The van der Waals surface area contributed by atoms with Gasteiger partial charge in [-0.25, -0.2) is 0 Å². The zero-order valence-electron chi connectivity index (χ0n) is 11.0. The van der Waals surface area contributed by atoms with E-state index in [9.17, 15) is 22.8 Å². The molecule has 2 atom stereocenters. The third-order valence-corrected chi connectivity index (χ3v) is 3.43. The lowest BCUT2D eigenvalue weighted by Gasteiger charge is -2.12. The summed E-state index contributed by atoms with van der Waals surface area (Å²) in [5.74, 6) is -2.39. The van der Waals surface area contributed by atoms with E-state index in [0.717, 1.165) is 6.07 Å². The zero-order chi connectivity index (χ0) is 15.6. The molecule has 1 aliphatic rings. The van der Waals surface area contributed by atoms with Gasteiger partial charge in [0.1, 0.15) is 0 Å². The number of aliphatic carboxylic acids is 1. The first-order chi connectivity index (χ1) is 9.80. The molecular weight excluding hydrogens is 287 g/mol. The summed E-state index contributed by atoms with van der Waals surface area (Å²) in [6.45, 7) is -0.0156. The Balaban J connectivity index is 2.00. The molecular formula is C14H14F3NO3. The van der Waals surface area contributed by atoms with Gasteiger partial charge in [0, 0.05) is 12.5 Å². The Morgan fingerprint density at radius 2 is 1.95 bits per heavy atom. The average Bonchev–Trinajstić information content (AvgIpc) is 3.17. The molecule has 4 nitrogen and oxygen atoms in total. The predicted molar refractivity (Wildman–Crippen MR) is 67.6 cm³/mol. The van der Waals surface area contributed by atoms with Crippen molar-refractivity contribution in [3.63, 3.8) is 0 Å². The lowest BCUT2D eigenvalue weighted by Crippen LogP contribution is -2.27. The van der Waals surface area contributed by atoms with Crippen LogP contribution >= 0.6 is 0 Å². The molecule has 1 amide bonds. The number of hydrogen-bond acceptors (Lipinski definition) is 2. The summed E-state index contributed by atoms with van der Waals surface area (Å²) in [6.07, 6.45) is -4.29. The van der Waals surface area contributed by atoms with Crippen LogP contribution in [0.1, 0.15) is 29.9 Å². The molecule has 2 unspecified atom stereocenters. The quantitative estimate of drug-likeness (QED) is 0.877. The summed E-state index contributed by atoms with van der Waals surface area (Å²) in [5.41, 5.74) is -0.584. The molecule has 2 N–H and O–H groups in total. The van der Waals surface area contributed by atoms with E-state index >= 15 is 0 Å². The van der Waals surface area contributed by atoms with Gasteiger partial charge in [0.2, 0.25) is 5.91 Å². The molecule has 1 saturated carbocycles. The first kappa shape index (κ1) is 15.3. The number of carboxylic acid groups (broad SMARTS) is 1. The van der Waals surface area contributed by atoms with Gasteiger partial charge < -0.3 is 10.4 Å². The van der Waals surface area contributed by atoms with Crippen molar-refractivity contribution in [2.24, 2.45) is 5.92 Å². The molecule has 1 aromatic rings. The van der Waals surface area contributed by atoms with Crippen LogP contribution in [-0.2, 0) is 15.8 Å². The van der Waals surface area contributed by atoms with Gasteiger partial charge in [0.25, 0.3) is 0 Å². The number of carboxylic acids is 1. The van der Waals surface area contributed by atoms with Crippen LogP contribution < -0.4 is 5.32 Å². The van der Waals surface area contributed by atoms with Crippen LogP contribution in [0.5, 0.6) is 0 Å². The molecule has 0 spiro atoms. The number of hydrogen-bond donors (Lipinski definition) is 2. The van der Waals surface area contributed by atoms with Gasteiger partial charge in [-0.05, 0) is 24.0 Å². The van der Waals surface area contributed by atoms with Gasteiger partial charge in [-0.1, -0.05) is 18.2 Å². The summed E-state index contributed by atoms with van der Waals surface area (Å²) < 4.78 is 38.7. The highest BCUT2D eigenvalue weighted by Crippen LogP contribution is 2.50. The molecule has 0 heterocycles. The molecule has 1 aliphatic carbocycles. The van der Waals surface area contributed by atoms with Crippen molar-refractivity contribution in [2.75, 3.05) is 6.54 Å². The van der Waals surface area contributed by atoms with Gasteiger partial charge in [-0.3, -0.25) is 9.59 Å². The molecule has 114 valence electrons. The van der Waals surface area contributed by atoms with Gasteiger partial charge in [-0.15, -0.1) is 0 Å². The van der Waals surface area contributed by atoms with Gasteiger partial charge in [0.05, 0.1) is 12.0 Å². The maximum Gasteiger partial charge on any atom is 0.416 e. The van der Waals surface area contributed by atoms with Crippen molar-refractivity contribution in [1.29, 1.82) is 0 Å². The number of carbonyl (C=O) groups excluding carboxylic acids is 1. The highest BCUT2D eigenvalue weighted by molar-refractivity contribution is 5.83. The molecule has 1 fully saturated rings. The van der Waals surface area contributed by atoms with Crippen LogP contribution in [0.2, 0.25) is 0 Å². The van der Waals surface area contributed by atoms with Gasteiger partial charge in [0.15, 0.2) is 0 Å². The average molecular weight is 301 g/mol. The van der Waals surface area contributed by atoms with Crippen LogP contribution in [-0.4, -0.2) is 23.5 Å². The first-order valence-electron chi connectivity index (χ1n) is 6.46. The van der Waals surface area contributed by atoms with E-state index < -0.39 is 35.5 Å². The highest BCUT2D eigenvalue weighted by atomic mass is 19.4. The SMILES string of the molecule is O=C(O)CCNC(=O)C1CC1c1ccccc1C(F)(F)F. The number of benzene rings is 1. The van der Waals surface area contributed by atoms with E-state index in [1.54, 1.807) is 0 Å². The van der Waals surface area contributed by atoms with Crippen LogP contribution in [0.4, 0.5) is 13.2 Å². The summed E-state index contributed by atoms with van der Waals surface area (Å²) >= 11 is 0. The lowest BCUT2D eigenvalue weighted by molar-refractivity contribution is -0.139. The molecule has 0 saturated heterocycles. The number of amides is 1. The Morgan fingerprint density at radius 3 is 2.57 bits per heavy atom. The zero-order valence-corrected chi connectivity index (χ0v) is 11.0. The Kier molecular flexibility index (Phi) is 4.20. The van der Waals surface area contributed by atoms with Gasteiger partial charge in [-0.2, -0.15) is 13.2 Å². The Bertz CT molecular complexity index is 557. The summed E-state index contributed by atoms with van der Waals surface area (Å²) in [5, 5.41) is 10.9. The first-order valence-corrected chi connectivity index (χ1v) is 6.46. The fourth-order valence-electron chi connectivity index (χ4n) is 2.33. The fourth-order valence-corrected chi connectivity index (χ4v) is 2.33. The van der Waals surface area contributed by atoms with E-state index in [1.165, 1.54) is 18.2 Å². The predicted octanol–water partition coefficient (Wildman–Crippen LogP) is 2.40. The maximum atomic E-state index is 12.9. The monoisotopic (exact) mass is 301 g/mol. The number of halogens is 3. The molecule has 21 heavy (non-hydrogen) atoms. The minimum Gasteiger partial charge on any atom is -0.481 e. The van der Waals surface area contributed by atoms with Crippen LogP contribution in [0.3, 0.4) is 0 Å². The van der Waals surface area contributed by atoms with E-state index in [1.807, 2.05) is 0 Å². The van der Waals surface area contributed by atoms with Crippen LogP contribution in [0.25, 0.3) is 0 Å². The lowest BCUT2D eigenvalue weighted by atomic mass is 10.0. The van der Waals surface area contributed by atoms with E-state index in [0.29, 0.717) is 6.42 Å². The maximum absolute atomic E-state index is 12.9. The summed E-state index contributed by atoms with van der Waals surface area (Å²) in [4.78, 5) is 22.1. The molecule has 2 rings (SSSR count). The molecule has 0 radical (unpaired) electrons. The normalized spacial score (nSPS) is 20.9. The van der Waals surface area contributed by atoms with Crippen LogP contribution in [0.15, 0.2) is 24.3 Å². The van der Waals surface area contributed by atoms with Crippen molar-refractivity contribution in [3.05, 3.63) is 35.4 Å². The van der Waals surface area contributed by atoms with Crippen molar-refractivity contribution >= 4 is 11.9 Å². The summed E-state index contributed by atoms with van der Waals surface area (Å²) in [7, 11) is 0. The largest absolute Gasteiger partial charge is 0.481 e. The molecule has 0 aliphatic heterocycles. The van der Waals surface area contributed by atoms with Crippen molar-refractivity contribution in [2.45, 2.75) is 24.9 Å². The third-order valence-electron chi connectivity index (χ3n) is 3.43. The van der Waals surface area contributed by atoms with Crippen molar-refractivity contribution in [1.82, 2.24) is 5.32 Å². The molecule has 1 aromatic carbocycles. The second-order valence-corrected chi connectivity index (χ2v) is 4.97.